The van der Waals surface area contributed by atoms with E-state index in [0.717, 1.165) is 30.9 Å². The van der Waals surface area contributed by atoms with Crippen LogP contribution in [0, 0.1) is 43.0 Å². The van der Waals surface area contributed by atoms with Gasteiger partial charge in [0.25, 0.3) is 0 Å². The van der Waals surface area contributed by atoms with Crippen molar-refractivity contribution < 1.29 is 45.0 Å². The molecule has 0 spiro atoms. The summed E-state index contributed by atoms with van der Waals surface area (Å²) in [6.07, 6.45) is -0.513. The fraction of sp³-hybridized carbons (Fsp3) is 0.483. The first-order valence-corrected chi connectivity index (χ1v) is 12.4. The molecule has 10 heteroatoms. The SMILES string of the molecule is C=CC(COCc1ccc(OC)cc1)C(F)(F)F.CC.CCCCC(C)=O.Cc1c(C)c(F)c(F)c(F)c1F. The first-order valence-electron chi connectivity index (χ1n) is 12.4. The summed E-state index contributed by atoms with van der Waals surface area (Å²) in [5, 5.41) is 0. The van der Waals surface area contributed by atoms with Gasteiger partial charge in [0.05, 0.1) is 26.2 Å². The van der Waals surface area contributed by atoms with Crippen LogP contribution in [0.1, 0.15) is 63.6 Å². The van der Waals surface area contributed by atoms with E-state index in [1.165, 1.54) is 13.8 Å². The number of unbranched alkanes of at least 4 members (excludes halogenated alkanes) is 1. The van der Waals surface area contributed by atoms with Gasteiger partial charge in [-0.3, -0.25) is 0 Å². The van der Waals surface area contributed by atoms with E-state index in [2.05, 4.69) is 13.5 Å². The minimum Gasteiger partial charge on any atom is -0.497 e. The molecule has 0 heterocycles. The molecule has 1 unspecified atom stereocenters. The number of ether oxygens (including phenoxy) is 2. The molecule has 0 N–H and O–H groups in total. The number of Topliss-reactive ketones (excluding diaryl/α,β-unsaturated/α-hetero) is 1. The van der Waals surface area contributed by atoms with Gasteiger partial charge in [0.2, 0.25) is 0 Å². The summed E-state index contributed by atoms with van der Waals surface area (Å²) in [4.78, 5) is 10.2. The Morgan fingerprint density at radius 2 is 1.41 bits per heavy atom. The van der Waals surface area contributed by atoms with E-state index >= 15 is 0 Å². The van der Waals surface area contributed by atoms with Crippen molar-refractivity contribution in [1.82, 2.24) is 0 Å². The van der Waals surface area contributed by atoms with E-state index in [-0.39, 0.29) is 17.7 Å². The lowest BCUT2D eigenvalue weighted by Gasteiger charge is -2.16. The van der Waals surface area contributed by atoms with Gasteiger partial charge in [-0.1, -0.05) is 45.4 Å². The predicted octanol–water partition coefficient (Wildman–Crippen LogP) is 9.23. The van der Waals surface area contributed by atoms with Crippen LogP contribution >= 0.6 is 0 Å². The van der Waals surface area contributed by atoms with E-state index in [1.807, 2.05) is 13.8 Å². The number of carbonyl (C=O) groups excluding carboxylic acids is 1. The average Bonchev–Trinajstić information content (AvgIpc) is 2.92. The van der Waals surface area contributed by atoms with Crippen LogP contribution in [0.25, 0.3) is 0 Å². The van der Waals surface area contributed by atoms with Crippen molar-refractivity contribution >= 4 is 5.78 Å². The molecule has 0 aliphatic heterocycles. The first-order chi connectivity index (χ1) is 18.2. The van der Waals surface area contributed by atoms with Gasteiger partial charge in [0, 0.05) is 6.42 Å². The van der Waals surface area contributed by atoms with Crippen LogP contribution in [0.5, 0.6) is 5.75 Å². The summed E-state index contributed by atoms with van der Waals surface area (Å²) in [5.74, 6) is -6.79. The van der Waals surface area contributed by atoms with Crippen molar-refractivity contribution in [2.45, 2.75) is 73.6 Å². The van der Waals surface area contributed by atoms with Crippen LogP contribution < -0.4 is 4.74 Å². The minimum atomic E-state index is -4.30. The van der Waals surface area contributed by atoms with Gasteiger partial charge in [-0.15, -0.1) is 6.58 Å². The van der Waals surface area contributed by atoms with Crippen molar-refractivity contribution in [3.05, 3.63) is 76.9 Å². The second-order valence-corrected chi connectivity index (χ2v) is 8.06. The zero-order valence-corrected chi connectivity index (χ0v) is 23.6. The number of hydrogen-bond donors (Lipinski definition) is 0. The molecule has 0 saturated carbocycles. The molecule has 0 saturated heterocycles. The lowest BCUT2D eigenvalue weighted by atomic mass is 10.1. The Labute approximate surface area is 227 Å². The number of hydrogen-bond acceptors (Lipinski definition) is 3. The maximum absolute atomic E-state index is 12.7. The summed E-state index contributed by atoms with van der Waals surface area (Å²) in [7, 11) is 1.55. The second-order valence-electron chi connectivity index (χ2n) is 8.06. The fourth-order valence-electron chi connectivity index (χ4n) is 2.60. The van der Waals surface area contributed by atoms with Gasteiger partial charge in [-0.2, -0.15) is 13.2 Å². The molecule has 3 nitrogen and oxygen atoms in total. The number of ketones is 1. The summed E-state index contributed by atoms with van der Waals surface area (Å²) in [6, 6.07) is 6.95. The molecule has 2 aromatic rings. The molecule has 222 valence electrons. The maximum atomic E-state index is 12.7. The third-order valence-corrected chi connectivity index (χ3v) is 5.11. The van der Waals surface area contributed by atoms with Crippen LogP contribution in [0.4, 0.5) is 30.7 Å². The normalized spacial score (nSPS) is 11.0. The van der Waals surface area contributed by atoms with Crippen LogP contribution in [0.15, 0.2) is 36.9 Å². The zero-order chi connectivity index (χ0) is 30.8. The Hall–Kier alpha value is -2.88. The third-order valence-electron chi connectivity index (χ3n) is 5.11. The van der Waals surface area contributed by atoms with E-state index in [1.54, 1.807) is 38.3 Å². The van der Waals surface area contributed by atoms with Gasteiger partial charge in [-0.25, -0.2) is 17.6 Å². The van der Waals surface area contributed by atoms with Gasteiger partial charge in [-0.05, 0) is 56.0 Å². The molecule has 0 radical (unpaired) electrons. The number of carbonyl (C=O) groups is 1. The predicted molar refractivity (Wildman–Crippen MR) is 140 cm³/mol. The monoisotopic (exact) mass is 568 g/mol. The molecule has 0 amide bonds. The molecule has 0 bridgehead atoms. The molecule has 0 aromatic heterocycles. The number of benzene rings is 2. The third kappa shape index (κ3) is 14.7. The summed E-state index contributed by atoms with van der Waals surface area (Å²) < 4.78 is 97.3. The Kier molecular flexibility index (Phi) is 19.7. The summed E-state index contributed by atoms with van der Waals surface area (Å²) in [6.45, 7) is 13.0. The van der Waals surface area contributed by atoms with E-state index in [0.29, 0.717) is 11.5 Å². The molecule has 2 rings (SSSR count). The summed E-state index contributed by atoms with van der Waals surface area (Å²) in [5.41, 5.74) is 0.388. The van der Waals surface area contributed by atoms with Crippen molar-refractivity contribution in [3.8, 4) is 5.75 Å². The Morgan fingerprint density at radius 1 is 0.949 bits per heavy atom. The molecule has 0 aliphatic carbocycles. The van der Waals surface area contributed by atoms with E-state index in [9.17, 15) is 35.5 Å². The van der Waals surface area contributed by atoms with Crippen molar-refractivity contribution in [3.63, 3.8) is 0 Å². The lowest BCUT2D eigenvalue weighted by molar-refractivity contribution is -0.174. The Morgan fingerprint density at radius 3 is 1.72 bits per heavy atom. The van der Waals surface area contributed by atoms with Gasteiger partial charge >= 0.3 is 6.18 Å². The fourth-order valence-corrected chi connectivity index (χ4v) is 2.60. The number of methoxy groups -OCH3 is 1. The Balaban J connectivity index is 0. The highest BCUT2D eigenvalue weighted by molar-refractivity contribution is 5.75. The van der Waals surface area contributed by atoms with Crippen LogP contribution in [-0.2, 0) is 16.1 Å². The largest absolute Gasteiger partial charge is 0.497 e. The highest BCUT2D eigenvalue weighted by Gasteiger charge is 2.37. The zero-order valence-electron chi connectivity index (χ0n) is 23.6. The van der Waals surface area contributed by atoms with Gasteiger partial charge in [0.1, 0.15) is 11.5 Å². The molecule has 0 aliphatic rings. The van der Waals surface area contributed by atoms with Crippen LogP contribution in [0.3, 0.4) is 0 Å². The van der Waals surface area contributed by atoms with Gasteiger partial charge in [0.15, 0.2) is 23.3 Å². The molecule has 2 aromatic carbocycles. The number of alkyl halides is 3. The van der Waals surface area contributed by atoms with E-state index in [4.69, 9.17) is 9.47 Å². The van der Waals surface area contributed by atoms with Crippen LogP contribution in [0.2, 0.25) is 0 Å². The average molecular weight is 569 g/mol. The number of halogens is 7. The maximum Gasteiger partial charge on any atom is 0.397 e. The topological polar surface area (TPSA) is 35.5 Å². The van der Waals surface area contributed by atoms with E-state index < -0.39 is 42.0 Å². The lowest BCUT2D eigenvalue weighted by Crippen LogP contribution is -2.25. The van der Waals surface area contributed by atoms with Crippen molar-refractivity contribution in [2.75, 3.05) is 13.7 Å². The molecule has 0 fully saturated rings. The highest BCUT2D eigenvalue weighted by atomic mass is 19.4. The molecule has 1 atom stereocenters. The summed E-state index contributed by atoms with van der Waals surface area (Å²) >= 11 is 0. The van der Waals surface area contributed by atoms with Gasteiger partial charge < -0.3 is 14.3 Å². The van der Waals surface area contributed by atoms with Crippen molar-refractivity contribution in [2.24, 2.45) is 5.92 Å². The highest BCUT2D eigenvalue weighted by Crippen LogP contribution is 2.27. The smallest absolute Gasteiger partial charge is 0.397 e. The molecular weight excluding hydrogens is 529 g/mol. The quantitative estimate of drug-likeness (QED) is 0.131. The molecular formula is C29H39F7O3. The minimum absolute atomic E-state index is 0.129. The van der Waals surface area contributed by atoms with Crippen LogP contribution in [-0.4, -0.2) is 25.7 Å². The van der Waals surface area contributed by atoms with Crippen molar-refractivity contribution in [1.29, 1.82) is 0 Å². The Bertz CT molecular complexity index is 883. The first kappa shape index (κ1) is 38.3. The standard InChI is InChI=1S/C13H15F3O2.C8H6F4.C6H12O.C2H6/c1-3-11(13(14,15)16)9-18-8-10-4-6-12(17-2)7-5-10;1-3-4(2)6(10)8(12)7(11)5(3)9;1-3-4-5-6(2)7;1-2/h3-7,11H,1,8-9H2,2H3;1-2H3;3-5H2,1-2H3;1-2H3. The molecule has 39 heavy (non-hydrogen) atoms. The second kappa shape index (κ2) is 20.1. The number of rotatable bonds is 9.